The van der Waals surface area contributed by atoms with Gasteiger partial charge in [0.15, 0.2) is 5.13 Å². The van der Waals surface area contributed by atoms with Gasteiger partial charge in [0.05, 0.1) is 0 Å². The lowest BCUT2D eigenvalue weighted by Gasteiger charge is -2.25. The first kappa shape index (κ1) is 12.8. The van der Waals surface area contributed by atoms with E-state index in [-0.39, 0.29) is 0 Å². The Balaban J connectivity index is 1.93. The van der Waals surface area contributed by atoms with E-state index in [0.717, 1.165) is 24.3 Å². The van der Waals surface area contributed by atoms with Crippen molar-refractivity contribution in [1.82, 2.24) is 9.88 Å². The summed E-state index contributed by atoms with van der Waals surface area (Å²) < 4.78 is 0. The molecule has 2 rings (SSSR count). The Morgan fingerprint density at radius 3 is 3.18 bits per heavy atom. The molecular formula is C13H23N3S. The van der Waals surface area contributed by atoms with Gasteiger partial charge in [0.25, 0.3) is 0 Å². The van der Waals surface area contributed by atoms with Gasteiger partial charge in [0, 0.05) is 30.2 Å². The van der Waals surface area contributed by atoms with Crippen molar-refractivity contribution in [3.63, 3.8) is 0 Å². The van der Waals surface area contributed by atoms with Crippen molar-refractivity contribution in [2.24, 2.45) is 0 Å². The van der Waals surface area contributed by atoms with E-state index in [4.69, 9.17) is 0 Å². The molecular weight excluding hydrogens is 230 g/mol. The van der Waals surface area contributed by atoms with Crippen LogP contribution in [0.15, 0.2) is 6.20 Å². The van der Waals surface area contributed by atoms with E-state index in [0.29, 0.717) is 0 Å². The minimum absolute atomic E-state index is 0.724. The van der Waals surface area contributed by atoms with E-state index in [1.807, 2.05) is 6.20 Å². The van der Waals surface area contributed by atoms with Crippen LogP contribution in [0.3, 0.4) is 0 Å². The molecule has 1 aromatic heterocycles. The van der Waals surface area contributed by atoms with E-state index in [2.05, 4.69) is 29.0 Å². The summed E-state index contributed by atoms with van der Waals surface area (Å²) >= 11 is 1.80. The topological polar surface area (TPSA) is 28.2 Å². The molecule has 0 aromatic carbocycles. The van der Waals surface area contributed by atoms with E-state index >= 15 is 0 Å². The second-order valence-electron chi connectivity index (χ2n) is 4.83. The molecule has 0 aliphatic carbocycles. The second-order valence-corrected chi connectivity index (χ2v) is 5.95. The zero-order chi connectivity index (χ0) is 12.1. The van der Waals surface area contributed by atoms with Crippen LogP contribution < -0.4 is 5.32 Å². The standard InChI is InChI=1S/C13H23N3S/c1-3-14-13-15-9-12(17-13)10-16-8-6-4-5-7-11(16)2/h9,11H,3-8,10H2,1-2H3,(H,14,15). The maximum atomic E-state index is 4.40. The number of hydrogen-bond acceptors (Lipinski definition) is 4. The zero-order valence-electron chi connectivity index (χ0n) is 10.9. The molecule has 1 fully saturated rings. The highest BCUT2D eigenvalue weighted by atomic mass is 32.1. The van der Waals surface area contributed by atoms with Crippen LogP contribution in [-0.4, -0.2) is 29.0 Å². The van der Waals surface area contributed by atoms with Crippen molar-refractivity contribution >= 4 is 16.5 Å². The predicted octanol–water partition coefficient (Wildman–Crippen LogP) is 3.34. The molecule has 17 heavy (non-hydrogen) atoms. The lowest BCUT2D eigenvalue weighted by Crippen LogP contribution is -2.31. The van der Waals surface area contributed by atoms with Crippen LogP contribution in [0.2, 0.25) is 0 Å². The van der Waals surface area contributed by atoms with Crippen LogP contribution >= 0.6 is 11.3 Å². The molecule has 96 valence electrons. The van der Waals surface area contributed by atoms with E-state index in [1.54, 1.807) is 11.3 Å². The Labute approximate surface area is 108 Å². The number of thiazole rings is 1. The summed E-state index contributed by atoms with van der Waals surface area (Å²) in [5, 5.41) is 4.34. The third kappa shape index (κ3) is 3.68. The highest BCUT2D eigenvalue weighted by Gasteiger charge is 2.17. The molecule has 2 heterocycles. The molecule has 3 nitrogen and oxygen atoms in total. The van der Waals surface area contributed by atoms with Gasteiger partial charge in [-0.2, -0.15) is 0 Å². The first-order chi connectivity index (χ1) is 8.29. The van der Waals surface area contributed by atoms with Gasteiger partial charge in [-0.05, 0) is 33.2 Å². The van der Waals surface area contributed by atoms with Gasteiger partial charge in [-0.15, -0.1) is 11.3 Å². The quantitative estimate of drug-likeness (QED) is 0.892. The first-order valence-electron chi connectivity index (χ1n) is 6.72. The molecule has 0 radical (unpaired) electrons. The number of likely N-dealkylation sites (tertiary alicyclic amines) is 1. The Hall–Kier alpha value is -0.610. The molecule has 1 unspecified atom stereocenters. The van der Waals surface area contributed by atoms with Crippen molar-refractivity contribution in [3.05, 3.63) is 11.1 Å². The summed E-state index contributed by atoms with van der Waals surface area (Å²) in [5.74, 6) is 0. The largest absolute Gasteiger partial charge is 0.362 e. The Bertz CT molecular complexity index is 337. The van der Waals surface area contributed by atoms with Crippen LogP contribution in [0.25, 0.3) is 0 Å². The van der Waals surface area contributed by atoms with Crippen LogP contribution in [0, 0.1) is 0 Å². The van der Waals surface area contributed by atoms with Gasteiger partial charge in [-0.3, -0.25) is 4.90 Å². The van der Waals surface area contributed by atoms with E-state index in [1.165, 1.54) is 37.1 Å². The molecule has 1 aliphatic heterocycles. The third-order valence-electron chi connectivity index (χ3n) is 3.43. The summed E-state index contributed by atoms with van der Waals surface area (Å²) in [5.41, 5.74) is 0. The van der Waals surface area contributed by atoms with E-state index in [9.17, 15) is 0 Å². The highest BCUT2D eigenvalue weighted by Crippen LogP contribution is 2.23. The molecule has 1 aliphatic rings. The van der Waals surface area contributed by atoms with Crippen molar-refractivity contribution in [1.29, 1.82) is 0 Å². The summed E-state index contributed by atoms with van der Waals surface area (Å²) in [6.45, 7) is 7.74. The maximum absolute atomic E-state index is 4.40. The highest BCUT2D eigenvalue weighted by molar-refractivity contribution is 7.15. The van der Waals surface area contributed by atoms with Crippen molar-refractivity contribution < 1.29 is 0 Å². The predicted molar refractivity (Wildman–Crippen MR) is 74.6 cm³/mol. The molecule has 1 aromatic rings. The number of anilines is 1. The fourth-order valence-corrected chi connectivity index (χ4v) is 3.29. The summed E-state index contributed by atoms with van der Waals surface area (Å²) in [7, 11) is 0. The fourth-order valence-electron chi connectivity index (χ4n) is 2.38. The molecule has 0 amide bonds. The van der Waals surface area contributed by atoms with Crippen LogP contribution in [-0.2, 0) is 6.54 Å². The minimum Gasteiger partial charge on any atom is -0.362 e. The van der Waals surface area contributed by atoms with E-state index < -0.39 is 0 Å². The average molecular weight is 253 g/mol. The minimum atomic E-state index is 0.724. The Morgan fingerprint density at radius 2 is 2.35 bits per heavy atom. The number of aromatic nitrogens is 1. The first-order valence-corrected chi connectivity index (χ1v) is 7.54. The molecule has 0 saturated carbocycles. The van der Waals surface area contributed by atoms with Crippen molar-refractivity contribution in [2.75, 3.05) is 18.4 Å². The number of hydrogen-bond donors (Lipinski definition) is 1. The average Bonchev–Trinajstić information content (AvgIpc) is 2.65. The second kappa shape index (κ2) is 6.36. The molecule has 4 heteroatoms. The van der Waals surface area contributed by atoms with Crippen molar-refractivity contribution in [2.45, 2.75) is 52.1 Å². The lowest BCUT2D eigenvalue weighted by atomic mass is 10.1. The monoisotopic (exact) mass is 253 g/mol. The summed E-state index contributed by atoms with van der Waals surface area (Å²) in [6, 6.07) is 0.724. The van der Waals surface area contributed by atoms with Gasteiger partial charge in [-0.1, -0.05) is 12.8 Å². The fraction of sp³-hybridized carbons (Fsp3) is 0.769. The number of nitrogens with one attached hydrogen (secondary N) is 1. The Morgan fingerprint density at radius 1 is 1.47 bits per heavy atom. The molecule has 0 bridgehead atoms. The Kier molecular flexibility index (Phi) is 4.80. The van der Waals surface area contributed by atoms with Gasteiger partial charge >= 0.3 is 0 Å². The molecule has 1 saturated heterocycles. The number of rotatable bonds is 4. The third-order valence-corrected chi connectivity index (χ3v) is 4.37. The zero-order valence-corrected chi connectivity index (χ0v) is 11.7. The van der Waals surface area contributed by atoms with Gasteiger partial charge in [0.2, 0.25) is 0 Å². The normalized spacial score (nSPS) is 22.4. The van der Waals surface area contributed by atoms with Crippen LogP contribution in [0.1, 0.15) is 44.4 Å². The van der Waals surface area contributed by atoms with Crippen molar-refractivity contribution in [3.8, 4) is 0 Å². The van der Waals surface area contributed by atoms with Gasteiger partial charge < -0.3 is 5.32 Å². The molecule has 1 atom stereocenters. The van der Waals surface area contributed by atoms with Gasteiger partial charge in [-0.25, -0.2) is 4.98 Å². The smallest absolute Gasteiger partial charge is 0.182 e. The van der Waals surface area contributed by atoms with Crippen LogP contribution in [0.4, 0.5) is 5.13 Å². The molecule has 0 spiro atoms. The molecule has 1 N–H and O–H groups in total. The van der Waals surface area contributed by atoms with Crippen LogP contribution in [0.5, 0.6) is 0 Å². The summed E-state index contributed by atoms with van der Waals surface area (Å²) in [4.78, 5) is 8.39. The summed E-state index contributed by atoms with van der Waals surface area (Å²) in [6.07, 6.45) is 7.51. The maximum Gasteiger partial charge on any atom is 0.182 e. The SMILES string of the molecule is CCNc1ncc(CN2CCCCCC2C)s1. The number of nitrogens with zero attached hydrogens (tertiary/aromatic N) is 2. The lowest BCUT2D eigenvalue weighted by molar-refractivity contribution is 0.206. The van der Waals surface area contributed by atoms with Gasteiger partial charge in [0.1, 0.15) is 0 Å².